The van der Waals surface area contributed by atoms with Gasteiger partial charge in [0.2, 0.25) is 0 Å². The number of rotatable bonds is 3. The van der Waals surface area contributed by atoms with Gasteiger partial charge in [0.15, 0.2) is 0 Å². The molecule has 0 radical (unpaired) electrons. The Labute approximate surface area is 60.1 Å². The Morgan fingerprint density at radius 3 is 2.50 bits per heavy atom. The molecule has 0 bridgehead atoms. The molecular weight excluding hydrogens is 164 g/mol. The van der Waals surface area contributed by atoms with Gasteiger partial charge in [-0.05, 0) is 17.3 Å². The summed E-state index contributed by atoms with van der Waals surface area (Å²) < 4.78 is 1.35. The Kier molecular flexibility index (Phi) is 5.51. The molecule has 0 nitrogen and oxygen atoms in total. The van der Waals surface area contributed by atoms with Gasteiger partial charge >= 0.3 is 0 Å². The fourth-order valence-corrected chi connectivity index (χ4v) is 1.28. The first-order valence-corrected chi connectivity index (χ1v) is 3.95. The highest BCUT2D eigenvalue weighted by atomic mass is 79.9. The zero-order chi connectivity index (χ0) is 6.41. The second kappa shape index (κ2) is 5.36. The van der Waals surface area contributed by atoms with E-state index in [4.69, 9.17) is 0 Å². The molecule has 0 aromatic carbocycles. The van der Waals surface area contributed by atoms with Crippen molar-refractivity contribution in [1.29, 1.82) is 0 Å². The lowest BCUT2D eigenvalue weighted by Gasteiger charge is -1.90. The van der Waals surface area contributed by atoms with Crippen molar-refractivity contribution in [3.05, 3.63) is 10.6 Å². The Morgan fingerprint density at radius 1 is 1.50 bits per heavy atom. The summed E-state index contributed by atoms with van der Waals surface area (Å²) >= 11 is 3.46. The molecule has 0 unspecified atom stereocenters. The van der Waals surface area contributed by atoms with Crippen molar-refractivity contribution >= 4 is 15.9 Å². The summed E-state index contributed by atoms with van der Waals surface area (Å²) in [5.41, 5.74) is 0. The van der Waals surface area contributed by atoms with E-state index < -0.39 is 0 Å². The molecule has 0 aliphatic heterocycles. The largest absolute Gasteiger partial charge is 0.0746 e. The van der Waals surface area contributed by atoms with Crippen molar-refractivity contribution < 1.29 is 0 Å². The summed E-state index contributed by atoms with van der Waals surface area (Å²) in [4.78, 5) is 0. The van der Waals surface area contributed by atoms with Gasteiger partial charge in [-0.1, -0.05) is 42.3 Å². The Bertz CT molecular complexity index is 74.5. The van der Waals surface area contributed by atoms with Crippen LogP contribution in [0.3, 0.4) is 0 Å². The van der Waals surface area contributed by atoms with E-state index in [2.05, 4.69) is 35.9 Å². The van der Waals surface area contributed by atoms with Crippen LogP contribution in [-0.2, 0) is 0 Å². The summed E-state index contributed by atoms with van der Waals surface area (Å²) in [6.07, 6.45) is 5.77. The average molecular weight is 177 g/mol. The first kappa shape index (κ1) is 8.22. The maximum atomic E-state index is 3.46. The van der Waals surface area contributed by atoms with Crippen LogP contribution >= 0.6 is 15.9 Å². The minimum absolute atomic E-state index is 1.14. The van der Waals surface area contributed by atoms with E-state index in [-0.39, 0.29) is 0 Å². The SMILES string of the molecule is CC/C=C(\Br)CCC. The van der Waals surface area contributed by atoms with Gasteiger partial charge < -0.3 is 0 Å². The summed E-state index contributed by atoms with van der Waals surface area (Å²) in [5.74, 6) is 0. The zero-order valence-electron chi connectivity index (χ0n) is 5.58. The minimum Gasteiger partial charge on any atom is -0.0746 e. The van der Waals surface area contributed by atoms with Gasteiger partial charge in [0, 0.05) is 0 Å². The van der Waals surface area contributed by atoms with E-state index in [1.807, 2.05) is 0 Å². The Balaban J connectivity index is 3.29. The van der Waals surface area contributed by atoms with Crippen LogP contribution in [-0.4, -0.2) is 0 Å². The molecule has 0 N–H and O–H groups in total. The second-order valence-electron chi connectivity index (χ2n) is 1.81. The fourth-order valence-electron chi connectivity index (χ4n) is 0.562. The summed E-state index contributed by atoms with van der Waals surface area (Å²) in [6.45, 7) is 4.34. The fraction of sp³-hybridized carbons (Fsp3) is 0.714. The van der Waals surface area contributed by atoms with Crippen molar-refractivity contribution in [2.24, 2.45) is 0 Å². The standard InChI is InChI=1S/C7H13Br/c1-3-5-7(8)6-4-2/h5H,3-4,6H2,1-2H3/b7-5-. The maximum Gasteiger partial charge on any atom is -0.00894 e. The summed E-state index contributed by atoms with van der Waals surface area (Å²) in [7, 11) is 0. The maximum absolute atomic E-state index is 3.46. The molecule has 1 heteroatoms. The topological polar surface area (TPSA) is 0 Å². The normalized spacial score (nSPS) is 12.1. The molecule has 0 aliphatic carbocycles. The highest BCUT2D eigenvalue weighted by Crippen LogP contribution is 2.12. The molecule has 0 fully saturated rings. The van der Waals surface area contributed by atoms with Crippen LogP contribution in [0.5, 0.6) is 0 Å². The second-order valence-corrected chi connectivity index (χ2v) is 2.83. The molecule has 0 rings (SSSR count). The van der Waals surface area contributed by atoms with Crippen LogP contribution in [0, 0.1) is 0 Å². The van der Waals surface area contributed by atoms with Gasteiger partial charge in [0.25, 0.3) is 0 Å². The third-order valence-electron chi connectivity index (χ3n) is 0.914. The van der Waals surface area contributed by atoms with Crippen molar-refractivity contribution in [1.82, 2.24) is 0 Å². The molecule has 0 spiro atoms. The van der Waals surface area contributed by atoms with E-state index in [1.165, 1.54) is 17.3 Å². The van der Waals surface area contributed by atoms with Crippen molar-refractivity contribution in [3.8, 4) is 0 Å². The van der Waals surface area contributed by atoms with Crippen LogP contribution in [0.1, 0.15) is 33.1 Å². The van der Waals surface area contributed by atoms with Crippen LogP contribution in [0.2, 0.25) is 0 Å². The molecule has 0 aliphatic rings. The number of allylic oxidation sites excluding steroid dienone is 2. The predicted molar refractivity (Wildman–Crippen MR) is 42.2 cm³/mol. The van der Waals surface area contributed by atoms with Crippen LogP contribution in [0.4, 0.5) is 0 Å². The Hall–Kier alpha value is 0.220. The average Bonchev–Trinajstić information content (AvgIpc) is 1.68. The molecule has 0 saturated carbocycles. The van der Waals surface area contributed by atoms with Crippen molar-refractivity contribution in [2.45, 2.75) is 33.1 Å². The van der Waals surface area contributed by atoms with Gasteiger partial charge in [0.1, 0.15) is 0 Å². The molecule has 0 amide bonds. The van der Waals surface area contributed by atoms with Gasteiger partial charge in [0.05, 0.1) is 0 Å². The van der Waals surface area contributed by atoms with Gasteiger partial charge in [-0.2, -0.15) is 0 Å². The third kappa shape index (κ3) is 4.38. The van der Waals surface area contributed by atoms with E-state index >= 15 is 0 Å². The minimum atomic E-state index is 1.14. The van der Waals surface area contributed by atoms with E-state index in [0.717, 1.165) is 6.42 Å². The molecule has 48 valence electrons. The predicted octanol–water partition coefficient (Wildman–Crippen LogP) is 3.48. The summed E-state index contributed by atoms with van der Waals surface area (Å²) in [5, 5.41) is 0. The Morgan fingerprint density at radius 2 is 2.12 bits per heavy atom. The van der Waals surface area contributed by atoms with Gasteiger partial charge in [-0.3, -0.25) is 0 Å². The quantitative estimate of drug-likeness (QED) is 0.619. The third-order valence-corrected chi connectivity index (χ3v) is 1.63. The van der Waals surface area contributed by atoms with E-state index in [0.29, 0.717) is 0 Å². The monoisotopic (exact) mass is 176 g/mol. The molecule has 0 atom stereocenters. The lowest BCUT2D eigenvalue weighted by molar-refractivity contribution is 0.943. The smallest absolute Gasteiger partial charge is 0.00894 e. The van der Waals surface area contributed by atoms with Gasteiger partial charge in [-0.15, -0.1) is 0 Å². The zero-order valence-corrected chi connectivity index (χ0v) is 7.16. The van der Waals surface area contributed by atoms with Crippen LogP contribution in [0.15, 0.2) is 10.6 Å². The van der Waals surface area contributed by atoms with Gasteiger partial charge in [-0.25, -0.2) is 0 Å². The highest BCUT2D eigenvalue weighted by Gasteiger charge is 1.84. The molecule has 0 aromatic heterocycles. The van der Waals surface area contributed by atoms with Crippen molar-refractivity contribution in [2.75, 3.05) is 0 Å². The molecule has 0 saturated heterocycles. The number of halogens is 1. The van der Waals surface area contributed by atoms with Crippen LogP contribution in [0.25, 0.3) is 0 Å². The molecular formula is C7H13Br. The van der Waals surface area contributed by atoms with E-state index in [9.17, 15) is 0 Å². The van der Waals surface area contributed by atoms with E-state index in [1.54, 1.807) is 0 Å². The van der Waals surface area contributed by atoms with Crippen LogP contribution < -0.4 is 0 Å². The van der Waals surface area contributed by atoms with Crippen molar-refractivity contribution in [3.63, 3.8) is 0 Å². The molecule has 0 heterocycles. The highest BCUT2D eigenvalue weighted by molar-refractivity contribution is 9.11. The lowest BCUT2D eigenvalue weighted by Crippen LogP contribution is -1.68. The number of hydrogen-bond acceptors (Lipinski definition) is 0. The molecule has 8 heavy (non-hydrogen) atoms. The molecule has 0 aromatic rings. The number of hydrogen-bond donors (Lipinski definition) is 0. The first-order valence-electron chi connectivity index (χ1n) is 3.15. The first-order chi connectivity index (χ1) is 3.81. The summed E-state index contributed by atoms with van der Waals surface area (Å²) in [6, 6.07) is 0. The lowest BCUT2D eigenvalue weighted by atomic mass is 10.3.